The molecule has 0 spiro atoms. The number of azide groups is 1. The minimum absolute atomic E-state index is 0.0514. The number of hydrogen-bond donors (Lipinski definition) is 0. The molecule has 0 unspecified atom stereocenters. The van der Waals surface area contributed by atoms with Gasteiger partial charge in [0.15, 0.2) is 10.7 Å². The third-order valence-electron chi connectivity index (χ3n) is 1.20. The highest BCUT2D eigenvalue weighted by Gasteiger charge is 2.33. The Labute approximate surface area is 86.4 Å². The maximum absolute atomic E-state index is 12.1. The van der Waals surface area contributed by atoms with Crippen molar-refractivity contribution in [2.24, 2.45) is 5.11 Å². The summed E-state index contributed by atoms with van der Waals surface area (Å²) in [7, 11) is 0. The van der Waals surface area contributed by atoms with Crippen LogP contribution in [0.3, 0.4) is 0 Å². The molecule has 0 bridgehead atoms. The van der Waals surface area contributed by atoms with Crippen molar-refractivity contribution in [2.45, 2.75) is 6.18 Å². The van der Waals surface area contributed by atoms with Crippen molar-refractivity contribution in [1.82, 2.24) is 4.98 Å². The fourth-order valence-electron chi connectivity index (χ4n) is 0.643. The van der Waals surface area contributed by atoms with E-state index < -0.39 is 11.9 Å². The van der Waals surface area contributed by atoms with Crippen LogP contribution in [0, 0.1) is 11.8 Å². The summed E-state index contributed by atoms with van der Waals surface area (Å²) in [6, 6.07) is 0. The van der Waals surface area contributed by atoms with Crippen molar-refractivity contribution in [2.75, 3.05) is 6.54 Å². The van der Waals surface area contributed by atoms with E-state index in [0.29, 0.717) is 0 Å². The molecule has 1 heterocycles. The maximum atomic E-state index is 12.1. The van der Waals surface area contributed by atoms with E-state index in [2.05, 4.69) is 26.9 Å². The Morgan fingerprint density at radius 2 is 2.33 bits per heavy atom. The largest absolute Gasteiger partial charge is 0.434 e. The molecule has 15 heavy (non-hydrogen) atoms. The predicted octanol–water partition coefficient (Wildman–Crippen LogP) is 2.82. The fourth-order valence-corrected chi connectivity index (χ4v) is 1.34. The van der Waals surface area contributed by atoms with Gasteiger partial charge in [0.05, 0.1) is 6.54 Å². The van der Waals surface area contributed by atoms with Crippen molar-refractivity contribution < 1.29 is 13.2 Å². The van der Waals surface area contributed by atoms with Gasteiger partial charge in [-0.1, -0.05) is 11.0 Å². The topological polar surface area (TPSA) is 61.7 Å². The molecule has 0 aromatic carbocycles. The lowest BCUT2D eigenvalue weighted by Gasteiger charge is -1.98. The SMILES string of the molecule is [N-]=[N+]=NCC#Cc1nc(C(F)(F)F)cs1. The van der Waals surface area contributed by atoms with Crippen LogP contribution >= 0.6 is 11.3 Å². The molecule has 1 aromatic rings. The van der Waals surface area contributed by atoms with Gasteiger partial charge in [-0.3, -0.25) is 0 Å². The van der Waals surface area contributed by atoms with Crippen LogP contribution in [0.2, 0.25) is 0 Å². The van der Waals surface area contributed by atoms with Crippen LogP contribution in [0.5, 0.6) is 0 Å². The zero-order chi connectivity index (χ0) is 11.3. The second kappa shape index (κ2) is 4.68. The van der Waals surface area contributed by atoms with Crippen molar-refractivity contribution in [1.29, 1.82) is 0 Å². The standard InChI is InChI=1S/C7H3F3N4S/c8-7(9,10)5-4-15-6(13-5)2-1-3-12-14-11/h4H,3H2. The number of halogens is 3. The van der Waals surface area contributed by atoms with E-state index in [-0.39, 0.29) is 11.6 Å². The van der Waals surface area contributed by atoms with Crippen LogP contribution < -0.4 is 0 Å². The third kappa shape index (κ3) is 3.50. The summed E-state index contributed by atoms with van der Waals surface area (Å²) in [5.41, 5.74) is 6.95. The molecule has 78 valence electrons. The molecule has 4 nitrogen and oxygen atoms in total. The molecule has 1 aromatic heterocycles. The van der Waals surface area contributed by atoms with E-state index in [1.807, 2.05) is 0 Å². The fraction of sp³-hybridized carbons (Fsp3) is 0.286. The first-order chi connectivity index (χ1) is 7.04. The van der Waals surface area contributed by atoms with Crippen molar-refractivity contribution >= 4 is 11.3 Å². The second-order valence-electron chi connectivity index (χ2n) is 2.23. The van der Waals surface area contributed by atoms with Crippen LogP contribution in [-0.2, 0) is 6.18 Å². The molecular formula is C7H3F3N4S. The number of thiazole rings is 1. The lowest BCUT2D eigenvalue weighted by atomic mass is 10.5. The summed E-state index contributed by atoms with van der Waals surface area (Å²) in [6.45, 7) is -0.0859. The lowest BCUT2D eigenvalue weighted by molar-refractivity contribution is -0.140. The Balaban J connectivity index is 2.75. The number of aromatic nitrogens is 1. The molecular weight excluding hydrogens is 229 g/mol. The number of nitrogens with zero attached hydrogens (tertiary/aromatic N) is 4. The Hall–Kier alpha value is -1.71. The summed E-state index contributed by atoms with van der Waals surface area (Å²) < 4.78 is 36.2. The molecule has 0 aliphatic carbocycles. The van der Waals surface area contributed by atoms with E-state index in [4.69, 9.17) is 5.53 Å². The monoisotopic (exact) mass is 232 g/mol. The Morgan fingerprint density at radius 3 is 2.87 bits per heavy atom. The zero-order valence-electron chi connectivity index (χ0n) is 7.12. The van der Waals surface area contributed by atoms with Gasteiger partial charge in [0, 0.05) is 10.3 Å². The Bertz CT molecular complexity index is 447. The highest BCUT2D eigenvalue weighted by Crippen LogP contribution is 2.29. The van der Waals surface area contributed by atoms with E-state index in [1.165, 1.54) is 0 Å². The number of alkyl halides is 3. The van der Waals surface area contributed by atoms with Gasteiger partial charge in [-0.2, -0.15) is 13.2 Å². The average molecular weight is 232 g/mol. The van der Waals surface area contributed by atoms with Gasteiger partial charge >= 0.3 is 6.18 Å². The molecule has 0 radical (unpaired) electrons. The van der Waals surface area contributed by atoms with Gasteiger partial charge in [-0.05, 0) is 11.5 Å². The smallest absolute Gasteiger partial charge is 0.223 e. The van der Waals surface area contributed by atoms with E-state index >= 15 is 0 Å². The normalized spacial score (nSPS) is 10.1. The molecule has 0 fully saturated rings. The predicted molar refractivity (Wildman–Crippen MR) is 48.0 cm³/mol. The molecule has 8 heteroatoms. The Kier molecular flexibility index (Phi) is 3.55. The summed E-state index contributed by atoms with van der Waals surface area (Å²) in [5, 5.41) is 4.04. The lowest BCUT2D eigenvalue weighted by Crippen LogP contribution is -2.04. The van der Waals surface area contributed by atoms with Gasteiger partial charge in [-0.15, -0.1) is 11.3 Å². The van der Waals surface area contributed by atoms with Crippen molar-refractivity contribution in [3.63, 3.8) is 0 Å². The minimum atomic E-state index is -4.44. The molecule has 0 saturated carbocycles. The van der Waals surface area contributed by atoms with Gasteiger partial charge < -0.3 is 0 Å². The van der Waals surface area contributed by atoms with Crippen LogP contribution in [0.15, 0.2) is 10.5 Å². The van der Waals surface area contributed by atoms with Crippen molar-refractivity contribution in [3.8, 4) is 11.8 Å². The molecule has 0 saturated heterocycles. The van der Waals surface area contributed by atoms with E-state index in [0.717, 1.165) is 16.7 Å². The second-order valence-corrected chi connectivity index (χ2v) is 3.08. The number of rotatable bonds is 1. The van der Waals surface area contributed by atoms with Crippen molar-refractivity contribution in [3.05, 3.63) is 26.5 Å². The van der Waals surface area contributed by atoms with Gasteiger partial charge in [-0.25, -0.2) is 4.98 Å². The molecule has 0 aliphatic rings. The first-order valence-corrected chi connectivity index (χ1v) is 4.44. The minimum Gasteiger partial charge on any atom is -0.223 e. The molecule has 0 atom stereocenters. The molecule has 1 rings (SSSR count). The maximum Gasteiger partial charge on any atom is 0.434 e. The number of hydrogen-bond acceptors (Lipinski definition) is 3. The summed E-state index contributed by atoms with van der Waals surface area (Å²) in [5.74, 6) is 4.74. The van der Waals surface area contributed by atoms with Crippen LogP contribution in [0.1, 0.15) is 10.7 Å². The van der Waals surface area contributed by atoms with Gasteiger partial charge in [0.2, 0.25) is 0 Å². The van der Waals surface area contributed by atoms with E-state index in [9.17, 15) is 13.2 Å². The first-order valence-electron chi connectivity index (χ1n) is 3.56. The third-order valence-corrected chi connectivity index (χ3v) is 1.96. The summed E-state index contributed by atoms with van der Waals surface area (Å²) in [6.07, 6.45) is -4.44. The van der Waals surface area contributed by atoms with Crippen LogP contribution in [0.25, 0.3) is 10.4 Å². The Morgan fingerprint density at radius 1 is 1.60 bits per heavy atom. The highest BCUT2D eigenvalue weighted by atomic mass is 32.1. The van der Waals surface area contributed by atoms with E-state index in [1.54, 1.807) is 0 Å². The average Bonchev–Trinajstić information content (AvgIpc) is 2.60. The van der Waals surface area contributed by atoms with Gasteiger partial charge in [0.25, 0.3) is 0 Å². The first kappa shape index (κ1) is 11.4. The van der Waals surface area contributed by atoms with Gasteiger partial charge in [0.1, 0.15) is 0 Å². The molecule has 0 aliphatic heterocycles. The van der Waals surface area contributed by atoms with Crippen LogP contribution in [-0.4, -0.2) is 11.5 Å². The summed E-state index contributed by atoms with van der Waals surface area (Å²) >= 11 is 0.795. The zero-order valence-corrected chi connectivity index (χ0v) is 7.93. The molecule has 0 amide bonds. The quantitative estimate of drug-likeness (QED) is 0.318. The molecule has 0 N–H and O–H groups in total. The highest BCUT2D eigenvalue weighted by molar-refractivity contribution is 7.10. The summed E-state index contributed by atoms with van der Waals surface area (Å²) in [4.78, 5) is 5.70. The van der Waals surface area contributed by atoms with Crippen LogP contribution in [0.4, 0.5) is 13.2 Å².